The van der Waals surface area contributed by atoms with Gasteiger partial charge in [0.2, 0.25) is 11.8 Å². The fourth-order valence-electron chi connectivity index (χ4n) is 4.15. The summed E-state index contributed by atoms with van der Waals surface area (Å²) < 4.78 is 28.6. The monoisotopic (exact) mass is 623 g/mol. The van der Waals surface area contributed by atoms with Crippen molar-refractivity contribution in [1.82, 2.24) is 10.2 Å². The standard InChI is InChI=1S/C29H32Cl3N3O4S/c1-3-5-17-33-29(37)26(4-2)34(19-21-15-16-22(30)18-25(21)32)28(36)20-35(27-14-10-9-13-24(27)31)40(38,39)23-11-7-6-8-12-23/h6-16,18,26H,3-5,17,19-20H2,1-2H3,(H,33,37)/t26-/m0/s1. The minimum Gasteiger partial charge on any atom is -0.354 e. The molecule has 0 radical (unpaired) electrons. The Kier molecular flexibility index (Phi) is 11.7. The van der Waals surface area contributed by atoms with E-state index in [1.54, 1.807) is 61.5 Å². The first-order valence-electron chi connectivity index (χ1n) is 12.9. The van der Waals surface area contributed by atoms with Gasteiger partial charge >= 0.3 is 0 Å². The number of benzene rings is 3. The Bertz CT molecular complexity index is 1420. The lowest BCUT2D eigenvalue weighted by Gasteiger charge is -2.33. The van der Waals surface area contributed by atoms with Gasteiger partial charge in [-0.15, -0.1) is 0 Å². The zero-order chi connectivity index (χ0) is 29.3. The van der Waals surface area contributed by atoms with Crippen molar-refractivity contribution in [3.8, 4) is 0 Å². The van der Waals surface area contributed by atoms with Crippen LogP contribution in [0.3, 0.4) is 0 Å². The van der Waals surface area contributed by atoms with E-state index in [0.29, 0.717) is 28.6 Å². The summed E-state index contributed by atoms with van der Waals surface area (Å²) in [6.07, 6.45) is 1.98. The van der Waals surface area contributed by atoms with Crippen molar-refractivity contribution in [1.29, 1.82) is 0 Å². The van der Waals surface area contributed by atoms with Crippen LogP contribution in [-0.4, -0.2) is 44.3 Å². The SMILES string of the molecule is CCCCNC(=O)[C@H](CC)N(Cc1ccc(Cl)cc1Cl)C(=O)CN(c1ccccc1Cl)S(=O)(=O)c1ccccc1. The number of carbonyl (C=O) groups is 2. The molecule has 0 heterocycles. The molecule has 0 unspecified atom stereocenters. The molecule has 0 saturated heterocycles. The zero-order valence-electron chi connectivity index (χ0n) is 22.3. The number of nitrogens with zero attached hydrogens (tertiary/aromatic N) is 2. The number of rotatable bonds is 13. The quantitative estimate of drug-likeness (QED) is 0.218. The highest BCUT2D eigenvalue weighted by Crippen LogP contribution is 2.31. The number of amides is 2. The molecule has 3 aromatic carbocycles. The Hall–Kier alpha value is -2.78. The van der Waals surface area contributed by atoms with Gasteiger partial charge in [0.05, 0.1) is 15.6 Å². The average molecular weight is 625 g/mol. The smallest absolute Gasteiger partial charge is 0.264 e. The Labute approximate surface area is 251 Å². The van der Waals surface area contributed by atoms with Crippen LogP contribution in [0.1, 0.15) is 38.7 Å². The summed E-state index contributed by atoms with van der Waals surface area (Å²) in [5.74, 6) is -0.924. The van der Waals surface area contributed by atoms with Crippen LogP contribution >= 0.6 is 34.8 Å². The van der Waals surface area contributed by atoms with Crippen LogP contribution in [0, 0.1) is 0 Å². The molecule has 0 aliphatic carbocycles. The van der Waals surface area contributed by atoms with Gasteiger partial charge in [0, 0.05) is 23.1 Å². The van der Waals surface area contributed by atoms with Crippen LogP contribution in [0.25, 0.3) is 0 Å². The molecule has 2 amide bonds. The van der Waals surface area contributed by atoms with Gasteiger partial charge in [-0.25, -0.2) is 8.42 Å². The predicted molar refractivity (Wildman–Crippen MR) is 161 cm³/mol. The third-order valence-corrected chi connectivity index (χ3v) is 8.98. The number of hydrogen-bond acceptors (Lipinski definition) is 4. The van der Waals surface area contributed by atoms with E-state index in [9.17, 15) is 18.0 Å². The topological polar surface area (TPSA) is 86.8 Å². The second-order valence-electron chi connectivity index (χ2n) is 9.10. The number of sulfonamides is 1. The molecule has 40 heavy (non-hydrogen) atoms. The molecule has 3 rings (SSSR count). The van der Waals surface area contributed by atoms with E-state index in [4.69, 9.17) is 34.8 Å². The maximum absolute atomic E-state index is 14.1. The Morgan fingerprint density at radius 2 is 1.57 bits per heavy atom. The molecule has 214 valence electrons. The number of hydrogen-bond donors (Lipinski definition) is 1. The van der Waals surface area contributed by atoms with Crippen molar-refractivity contribution in [2.45, 2.75) is 50.6 Å². The number of anilines is 1. The molecule has 0 aromatic heterocycles. The molecule has 0 saturated carbocycles. The molecule has 11 heteroatoms. The summed E-state index contributed by atoms with van der Waals surface area (Å²) in [6.45, 7) is 3.64. The van der Waals surface area contributed by atoms with Gasteiger partial charge in [-0.3, -0.25) is 13.9 Å². The molecule has 1 N–H and O–H groups in total. The highest BCUT2D eigenvalue weighted by atomic mass is 35.5. The van der Waals surface area contributed by atoms with E-state index in [0.717, 1.165) is 17.1 Å². The largest absolute Gasteiger partial charge is 0.354 e. The van der Waals surface area contributed by atoms with Gasteiger partial charge < -0.3 is 10.2 Å². The number of para-hydroxylation sites is 1. The van der Waals surface area contributed by atoms with Crippen LogP contribution in [-0.2, 0) is 26.2 Å². The second-order valence-corrected chi connectivity index (χ2v) is 12.2. The first-order chi connectivity index (χ1) is 19.1. The molecule has 1 atom stereocenters. The predicted octanol–water partition coefficient (Wildman–Crippen LogP) is 6.57. The molecular weight excluding hydrogens is 593 g/mol. The summed E-state index contributed by atoms with van der Waals surface area (Å²) >= 11 is 18.9. The molecule has 3 aromatic rings. The van der Waals surface area contributed by atoms with Crippen LogP contribution in [0.4, 0.5) is 5.69 Å². The Morgan fingerprint density at radius 3 is 2.20 bits per heavy atom. The third kappa shape index (κ3) is 7.91. The van der Waals surface area contributed by atoms with Gasteiger partial charge in [0.25, 0.3) is 10.0 Å². The first-order valence-corrected chi connectivity index (χ1v) is 15.5. The maximum Gasteiger partial charge on any atom is 0.264 e. The fraction of sp³-hybridized carbons (Fsp3) is 0.310. The molecule has 0 bridgehead atoms. The van der Waals surface area contributed by atoms with Gasteiger partial charge in [-0.1, -0.05) is 91.5 Å². The van der Waals surface area contributed by atoms with Crippen LogP contribution in [0.15, 0.2) is 77.7 Å². The van der Waals surface area contributed by atoms with Gasteiger partial charge in [-0.2, -0.15) is 0 Å². The summed E-state index contributed by atoms with van der Waals surface area (Å²) in [7, 11) is -4.20. The van der Waals surface area contributed by atoms with Crippen LogP contribution in [0.5, 0.6) is 0 Å². The lowest BCUT2D eigenvalue weighted by molar-refractivity contribution is -0.140. The molecule has 0 aliphatic heterocycles. The lowest BCUT2D eigenvalue weighted by atomic mass is 10.1. The van der Waals surface area contributed by atoms with E-state index in [1.807, 2.05) is 6.92 Å². The van der Waals surface area contributed by atoms with E-state index < -0.39 is 28.5 Å². The van der Waals surface area contributed by atoms with E-state index in [2.05, 4.69) is 5.32 Å². The fourth-order valence-corrected chi connectivity index (χ4v) is 6.36. The van der Waals surface area contributed by atoms with Gasteiger partial charge in [-0.05, 0) is 54.8 Å². The van der Waals surface area contributed by atoms with Crippen molar-refractivity contribution in [3.05, 3.63) is 93.4 Å². The number of halogens is 3. The van der Waals surface area contributed by atoms with E-state index in [-0.39, 0.29) is 28.1 Å². The molecule has 7 nitrogen and oxygen atoms in total. The summed E-state index contributed by atoms with van der Waals surface area (Å²) in [5.41, 5.74) is 0.709. The Morgan fingerprint density at radius 1 is 0.900 bits per heavy atom. The lowest BCUT2D eigenvalue weighted by Crippen LogP contribution is -2.52. The van der Waals surface area contributed by atoms with Gasteiger partial charge in [0.15, 0.2) is 0 Å². The molecule has 0 fully saturated rings. The summed E-state index contributed by atoms with van der Waals surface area (Å²) in [5, 5.41) is 3.80. The normalized spacial score (nSPS) is 12.0. The third-order valence-electron chi connectivity index (χ3n) is 6.30. The zero-order valence-corrected chi connectivity index (χ0v) is 25.4. The molecule has 0 aliphatic rings. The minimum absolute atomic E-state index is 0.000587. The van der Waals surface area contributed by atoms with Crippen molar-refractivity contribution >= 4 is 62.3 Å². The van der Waals surface area contributed by atoms with Gasteiger partial charge in [0.1, 0.15) is 12.6 Å². The van der Waals surface area contributed by atoms with Crippen molar-refractivity contribution < 1.29 is 18.0 Å². The number of unbranched alkanes of at least 4 members (excludes halogenated alkanes) is 1. The minimum atomic E-state index is -4.20. The number of nitrogens with one attached hydrogen (secondary N) is 1. The molecule has 0 spiro atoms. The maximum atomic E-state index is 14.1. The highest BCUT2D eigenvalue weighted by Gasteiger charge is 2.34. The van der Waals surface area contributed by atoms with Crippen molar-refractivity contribution in [2.24, 2.45) is 0 Å². The highest BCUT2D eigenvalue weighted by molar-refractivity contribution is 7.92. The molecular formula is C29H32Cl3N3O4S. The van der Waals surface area contributed by atoms with Crippen LogP contribution in [0.2, 0.25) is 15.1 Å². The van der Waals surface area contributed by atoms with Crippen molar-refractivity contribution in [2.75, 3.05) is 17.4 Å². The average Bonchev–Trinajstić information content (AvgIpc) is 2.93. The van der Waals surface area contributed by atoms with E-state index >= 15 is 0 Å². The summed E-state index contributed by atoms with van der Waals surface area (Å²) in [6, 6.07) is 18.2. The first kappa shape index (κ1) is 31.7. The van der Waals surface area contributed by atoms with Crippen molar-refractivity contribution in [3.63, 3.8) is 0 Å². The summed E-state index contributed by atoms with van der Waals surface area (Å²) in [4.78, 5) is 28.7. The second kappa shape index (κ2) is 14.7. The van der Waals surface area contributed by atoms with E-state index in [1.165, 1.54) is 23.1 Å². The number of carbonyl (C=O) groups excluding carboxylic acids is 2. The van der Waals surface area contributed by atoms with Crippen LogP contribution < -0.4 is 9.62 Å². The Balaban J connectivity index is 2.06.